The smallest absolute Gasteiger partial charge is 0.252 e. The minimum atomic E-state index is -0.0323. The van der Waals surface area contributed by atoms with Crippen LogP contribution < -0.4 is 5.32 Å². The van der Waals surface area contributed by atoms with Crippen LogP contribution in [0.1, 0.15) is 15.9 Å². The van der Waals surface area contributed by atoms with Crippen molar-refractivity contribution in [3.05, 3.63) is 76.5 Å². The molecule has 3 rings (SSSR count). The van der Waals surface area contributed by atoms with E-state index < -0.39 is 0 Å². The molecule has 1 heterocycles. The standard InChI is InChI=1S/C19H17NOS2/c1-22-18-9-5-4-8-17(18)19(21)20-12-14-6-2-3-7-16(14)15-10-11-23-13-15/h2-11,13H,12H2,1H3,(H,20,21). The summed E-state index contributed by atoms with van der Waals surface area (Å²) in [7, 11) is 0. The monoisotopic (exact) mass is 339 g/mol. The van der Waals surface area contributed by atoms with Gasteiger partial charge in [0.15, 0.2) is 0 Å². The molecule has 0 atom stereocenters. The number of carbonyl (C=O) groups excluding carboxylic acids is 1. The van der Waals surface area contributed by atoms with Crippen LogP contribution in [0.3, 0.4) is 0 Å². The lowest BCUT2D eigenvalue weighted by Gasteiger charge is -2.11. The third kappa shape index (κ3) is 3.66. The number of thioether (sulfide) groups is 1. The summed E-state index contributed by atoms with van der Waals surface area (Å²) in [6, 6.07) is 18.0. The van der Waals surface area contributed by atoms with E-state index in [2.05, 4.69) is 34.3 Å². The number of hydrogen-bond donors (Lipinski definition) is 1. The van der Waals surface area contributed by atoms with Crippen molar-refractivity contribution < 1.29 is 4.79 Å². The van der Waals surface area contributed by atoms with Crippen LogP contribution in [0.4, 0.5) is 0 Å². The summed E-state index contributed by atoms with van der Waals surface area (Å²) in [4.78, 5) is 13.5. The molecule has 116 valence electrons. The molecule has 3 aromatic rings. The molecule has 0 bridgehead atoms. The number of carbonyl (C=O) groups is 1. The van der Waals surface area contributed by atoms with E-state index in [0.29, 0.717) is 6.54 Å². The van der Waals surface area contributed by atoms with Gasteiger partial charge in [-0.25, -0.2) is 0 Å². The highest BCUT2D eigenvalue weighted by molar-refractivity contribution is 7.98. The van der Waals surface area contributed by atoms with Crippen LogP contribution >= 0.6 is 23.1 Å². The van der Waals surface area contributed by atoms with Gasteiger partial charge >= 0.3 is 0 Å². The van der Waals surface area contributed by atoms with E-state index in [-0.39, 0.29) is 5.91 Å². The summed E-state index contributed by atoms with van der Waals surface area (Å²) < 4.78 is 0. The van der Waals surface area contributed by atoms with E-state index in [1.54, 1.807) is 23.1 Å². The fraction of sp³-hybridized carbons (Fsp3) is 0.105. The highest BCUT2D eigenvalue weighted by Gasteiger charge is 2.11. The Labute approximate surface area is 144 Å². The summed E-state index contributed by atoms with van der Waals surface area (Å²) in [5, 5.41) is 7.24. The van der Waals surface area contributed by atoms with E-state index in [1.807, 2.05) is 42.7 Å². The zero-order valence-electron chi connectivity index (χ0n) is 12.8. The van der Waals surface area contributed by atoms with Gasteiger partial charge < -0.3 is 5.32 Å². The highest BCUT2D eigenvalue weighted by Crippen LogP contribution is 2.26. The molecule has 0 saturated heterocycles. The predicted molar refractivity (Wildman–Crippen MR) is 99.1 cm³/mol. The molecule has 2 aromatic carbocycles. The molecule has 0 unspecified atom stereocenters. The lowest BCUT2D eigenvalue weighted by molar-refractivity contribution is 0.0948. The van der Waals surface area contributed by atoms with E-state index >= 15 is 0 Å². The van der Waals surface area contributed by atoms with Crippen molar-refractivity contribution in [1.29, 1.82) is 0 Å². The van der Waals surface area contributed by atoms with Crippen molar-refractivity contribution in [3.8, 4) is 11.1 Å². The number of hydrogen-bond acceptors (Lipinski definition) is 3. The summed E-state index contributed by atoms with van der Waals surface area (Å²) >= 11 is 3.27. The quantitative estimate of drug-likeness (QED) is 0.658. The first kappa shape index (κ1) is 15.8. The summed E-state index contributed by atoms with van der Waals surface area (Å²) in [5.74, 6) is -0.0323. The van der Waals surface area contributed by atoms with Crippen LogP contribution in [-0.4, -0.2) is 12.2 Å². The second-order valence-corrected chi connectivity index (χ2v) is 6.68. The zero-order valence-corrected chi connectivity index (χ0v) is 14.4. The first-order valence-corrected chi connectivity index (χ1v) is 9.48. The Morgan fingerprint density at radius 3 is 2.65 bits per heavy atom. The van der Waals surface area contributed by atoms with Gasteiger partial charge in [0.25, 0.3) is 5.91 Å². The molecule has 2 nitrogen and oxygen atoms in total. The topological polar surface area (TPSA) is 29.1 Å². The Bertz CT molecular complexity index is 797. The lowest BCUT2D eigenvalue weighted by atomic mass is 10.0. The first-order chi connectivity index (χ1) is 11.3. The van der Waals surface area contributed by atoms with Crippen molar-refractivity contribution in [2.45, 2.75) is 11.4 Å². The second-order valence-electron chi connectivity index (χ2n) is 5.05. The van der Waals surface area contributed by atoms with Crippen LogP contribution in [0.15, 0.2) is 70.3 Å². The Kier molecular flexibility index (Phi) is 5.16. The van der Waals surface area contributed by atoms with Crippen molar-refractivity contribution in [1.82, 2.24) is 5.32 Å². The zero-order chi connectivity index (χ0) is 16.1. The number of rotatable bonds is 5. The van der Waals surface area contributed by atoms with Gasteiger partial charge in [0.2, 0.25) is 0 Å². The van der Waals surface area contributed by atoms with E-state index in [9.17, 15) is 4.79 Å². The van der Waals surface area contributed by atoms with Crippen molar-refractivity contribution in [3.63, 3.8) is 0 Å². The first-order valence-electron chi connectivity index (χ1n) is 7.31. The van der Waals surface area contributed by atoms with E-state index in [4.69, 9.17) is 0 Å². The van der Waals surface area contributed by atoms with Crippen molar-refractivity contribution in [2.24, 2.45) is 0 Å². The van der Waals surface area contributed by atoms with Crippen molar-refractivity contribution >= 4 is 29.0 Å². The number of thiophene rings is 1. The van der Waals surface area contributed by atoms with Gasteiger partial charge in [0.1, 0.15) is 0 Å². The van der Waals surface area contributed by atoms with Gasteiger partial charge in [0.05, 0.1) is 5.56 Å². The minimum absolute atomic E-state index is 0.0323. The molecule has 4 heteroatoms. The molecule has 0 aliphatic heterocycles. The molecule has 1 aromatic heterocycles. The second kappa shape index (κ2) is 7.49. The summed E-state index contributed by atoms with van der Waals surface area (Å²) in [5.41, 5.74) is 4.23. The normalized spacial score (nSPS) is 10.5. The van der Waals surface area contributed by atoms with Crippen LogP contribution in [0.2, 0.25) is 0 Å². The molecule has 0 radical (unpaired) electrons. The molecule has 0 aliphatic rings. The number of benzene rings is 2. The molecular weight excluding hydrogens is 322 g/mol. The van der Waals surface area contributed by atoms with Gasteiger partial charge in [-0.1, -0.05) is 36.4 Å². The van der Waals surface area contributed by atoms with E-state index in [1.165, 1.54) is 11.1 Å². The van der Waals surface area contributed by atoms with Gasteiger partial charge in [-0.15, -0.1) is 11.8 Å². The maximum atomic E-state index is 12.5. The lowest BCUT2D eigenvalue weighted by Crippen LogP contribution is -2.23. The average Bonchev–Trinajstić information content (AvgIpc) is 3.14. The summed E-state index contributed by atoms with van der Waals surface area (Å²) in [6.07, 6.45) is 1.98. The minimum Gasteiger partial charge on any atom is -0.348 e. The van der Waals surface area contributed by atoms with Gasteiger partial charge in [-0.05, 0) is 51.9 Å². The molecular formula is C19H17NOS2. The Balaban J connectivity index is 1.78. The molecule has 0 fully saturated rings. The molecule has 0 aliphatic carbocycles. The molecule has 23 heavy (non-hydrogen) atoms. The van der Waals surface area contributed by atoms with Gasteiger partial charge in [-0.3, -0.25) is 4.79 Å². The largest absolute Gasteiger partial charge is 0.348 e. The highest BCUT2D eigenvalue weighted by atomic mass is 32.2. The number of nitrogens with one attached hydrogen (secondary N) is 1. The Hall–Kier alpha value is -2.04. The molecule has 1 N–H and O–H groups in total. The molecule has 1 amide bonds. The summed E-state index contributed by atoms with van der Waals surface area (Å²) in [6.45, 7) is 0.521. The Morgan fingerprint density at radius 2 is 1.87 bits per heavy atom. The van der Waals surface area contributed by atoms with Crippen LogP contribution in [0.5, 0.6) is 0 Å². The predicted octanol–water partition coefficient (Wildman–Crippen LogP) is 5.07. The molecule has 0 saturated carbocycles. The fourth-order valence-electron chi connectivity index (χ4n) is 2.48. The Morgan fingerprint density at radius 1 is 1.09 bits per heavy atom. The van der Waals surface area contributed by atoms with Crippen molar-refractivity contribution in [2.75, 3.05) is 6.26 Å². The van der Waals surface area contributed by atoms with E-state index in [0.717, 1.165) is 16.0 Å². The van der Waals surface area contributed by atoms with Crippen LogP contribution in [0.25, 0.3) is 11.1 Å². The van der Waals surface area contributed by atoms with Crippen LogP contribution in [0, 0.1) is 0 Å². The SMILES string of the molecule is CSc1ccccc1C(=O)NCc1ccccc1-c1ccsc1. The number of amides is 1. The average molecular weight is 339 g/mol. The fourth-order valence-corrected chi connectivity index (χ4v) is 3.73. The molecule has 0 spiro atoms. The third-order valence-electron chi connectivity index (χ3n) is 3.64. The van der Waals surface area contributed by atoms with Crippen LogP contribution in [-0.2, 0) is 6.54 Å². The maximum absolute atomic E-state index is 12.5. The maximum Gasteiger partial charge on any atom is 0.252 e. The van der Waals surface area contributed by atoms with Gasteiger partial charge in [-0.2, -0.15) is 11.3 Å². The third-order valence-corrected chi connectivity index (χ3v) is 5.12. The van der Waals surface area contributed by atoms with Gasteiger partial charge in [0, 0.05) is 11.4 Å².